The van der Waals surface area contributed by atoms with Crippen molar-refractivity contribution in [2.45, 2.75) is 25.5 Å². The lowest BCUT2D eigenvalue weighted by Gasteiger charge is -2.07. The van der Waals surface area contributed by atoms with E-state index < -0.39 is 0 Å². The smallest absolute Gasteiger partial charge is 0.230 e. The molecule has 1 N–H and O–H groups in total. The van der Waals surface area contributed by atoms with Crippen molar-refractivity contribution in [2.75, 3.05) is 5.75 Å². The molecule has 2 heterocycles. The molecule has 0 saturated carbocycles. The molecule has 124 valence electrons. The number of hydrogen-bond acceptors (Lipinski definition) is 5. The van der Waals surface area contributed by atoms with Gasteiger partial charge in [0.15, 0.2) is 5.16 Å². The number of aryl methyl sites for hydroxylation is 2. The second kappa shape index (κ2) is 7.63. The third kappa shape index (κ3) is 4.04. The van der Waals surface area contributed by atoms with Crippen LogP contribution in [0.1, 0.15) is 16.0 Å². The zero-order valence-corrected chi connectivity index (χ0v) is 15.2. The first-order chi connectivity index (χ1) is 11.6. The van der Waals surface area contributed by atoms with E-state index in [1.54, 1.807) is 17.7 Å². The van der Waals surface area contributed by atoms with E-state index in [9.17, 15) is 4.79 Å². The Labute approximate surface area is 149 Å². The number of amides is 1. The van der Waals surface area contributed by atoms with Gasteiger partial charge in [-0.15, -0.1) is 21.5 Å². The molecule has 3 aromatic rings. The predicted molar refractivity (Wildman–Crippen MR) is 97.7 cm³/mol. The summed E-state index contributed by atoms with van der Waals surface area (Å²) in [7, 11) is 0. The number of thioether (sulfide) groups is 1. The normalized spacial score (nSPS) is 10.8. The van der Waals surface area contributed by atoms with Crippen molar-refractivity contribution >= 4 is 29.0 Å². The Balaban J connectivity index is 1.57. The Hall–Kier alpha value is -2.12. The van der Waals surface area contributed by atoms with Crippen molar-refractivity contribution < 1.29 is 4.79 Å². The fourth-order valence-electron chi connectivity index (χ4n) is 2.15. The molecule has 5 nitrogen and oxygen atoms in total. The van der Waals surface area contributed by atoms with Crippen molar-refractivity contribution in [1.29, 1.82) is 0 Å². The third-order valence-electron chi connectivity index (χ3n) is 3.58. The highest BCUT2D eigenvalue weighted by Crippen LogP contribution is 2.20. The van der Waals surface area contributed by atoms with Crippen molar-refractivity contribution in [3.05, 3.63) is 58.0 Å². The Morgan fingerprint density at radius 1 is 1.25 bits per heavy atom. The van der Waals surface area contributed by atoms with Crippen LogP contribution in [0.2, 0.25) is 0 Å². The second-order valence-corrected chi connectivity index (χ2v) is 7.35. The second-order valence-electron chi connectivity index (χ2n) is 5.41. The summed E-state index contributed by atoms with van der Waals surface area (Å²) in [4.78, 5) is 13.2. The van der Waals surface area contributed by atoms with Gasteiger partial charge in [0.2, 0.25) is 5.91 Å². The Bertz CT molecular complexity index is 823. The largest absolute Gasteiger partial charge is 0.350 e. The van der Waals surface area contributed by atoms with Gasteiger partial charge in [-0.05, 0) is 43.0 Å². The number of rotatable bonds is 6. The van der Waals surface area contributed by atoms with E-state index in [-0.39, 0.29) is 5.91 Å². The zero-order chi connectivity index (χ0) is 16.9. The van der Waals surface area contributed by atoms with Crippen LogP contribution in [0.4, 0.5) is 0 Å². The van der Waals surface area contributed by atoms with Gasteiger partial charge in [0.1, 0.15) is 6.33 Å². The SMILES string of the molecule is Cc1ccc(-n2cnnc2SCC(=O)NCc2sccc2C)cc1. The van der Waals surface area contributed by atoms with E-state index in [1.165, 1.54) is 27.8 Å². The highest BCUT2D eigenvalue weighted by atomic mass is 32.2. The summed E-state index contributed by atoms with van der Waals surface area (Å²) in [6, 6.07) is 10.2. The van der Waals surface area contributed by atoms with Crippen LogP contribution >= 0.6 is 23.1 Å². The number of carbonyl (C=O) groups excluding carboxylic acids is 1. The lowest BCUT2D eigenvalue weighted by molar-refractivity contribution is -0.118. The summed E-state index contributed by atoms with van der Waals surface area (Å²) in [6.45, 7) is 4.68. The van der Waals surface area contributed by atoms with Crippen LogP contribution in [0.3, 0.4) is 0 Å². The summed E-state index contributed by atoms with van der Waals surface area (Å²) in [5.74, 6) is 0.306. The molecule has 2 aromatic heterocycles. The topological polar surface area (TPSA) is 59.8 Å². The molecule has 0 fully saturated rings. The molecule has 7 heteroatoms. The van der Waals surface area contributed by atoms with Gasteiger partial charge in [-0.1, -0.05) is 29.5 Å². The van der Waals surface area contributed by atoms with E-state index in [1.807, 2.05) is 41.1 Å². The van der Waals surface area contributed by atoms with Crippen LogP contribution in [0.15, 0.2) is 47.2 Å². The Morgan fingerprint density at radius 3 is 2.75 bits per heavy atom. The monoisotopic (exact) mass is 358 g/mol. The zero-order valence-electron chi connectivity index (χ0n) is 13.5. The van der Waals surface area contributed by atoms with Crippen LogP contribution in [0.25, 0.3) is 5.69 Å². The molecule has 0 spiro atoms. The molecule has 0 bridgehead atoms. The first kappa shape index (κ1) is 16.7. The van der Waals surface area contributed by atoms with Crippen LogP contribution in [-0.4, -0.2) is 26.4 Å². The third-order valence-corrected chi connectivity index (χ3v) is 5.54. The van der Waals surface area contributed by atoms with Gasteiger partial charge in [0.25, 0.3) is 0 Å². The van der Waals surface area contributed by atoms with Crippen molar-refractivity contribution in [1.82, 2.24) is 20.1 Å². The standard InChI is InChI=1S/C17H18N4OS2/c1-12-3-5-14(6-4-12)21-11-19-20-17(21)24-10-16(22)18-9-15-13(2)7-8-23-15/h3-8,11H,9-10H2,1-2H3,(H,18,22). The van der Waals surface area contributed by atoms with Gasteiger partial charge >= 0.3 is 0 Å². The lowest BCUT2D eigenvalue weighted by Crippen LogP contribution is -2.24. The van der Waals surface area contributed by atoms with E-state index in [0.29, 0.717) is 17.5 Å². The number of nitrogens with zero attached hydrogens (tertiary/aromatic N) is 3. The number of benzene rings is 1. The number of carbonyl (C=O) groups is 1. The number of aromatic nitrogens is 3. The lowest BCUT2D eigenvalue weighted by atomic mass is 10.2. The van der Waals surface area contributed by atoms with E-state index >= 15 is 0 Å². The molecule has 0 atom stereocenters. The van der Waals surface area contributed by atoms with E-state index in [0.717, 1.165) is 5.69 Å². The van der Waals surface area contributed by atoms with Crippen LogP contribution < -0.4 is 5.32 Å². The maximum absolute atomic E-state index is 12.1. The van der Waals surface area contributed by atoms with Gasteiger partial charge in [-0.25, -0.2) is 0 Å². The quantitative estimate of drug-likeness (QED) is 0.687. The van der Waals surface area contributed by atoms with Gasteiger partial charge < -0.3 is 5.32 Å². The summed E-state index contributed by atoms with van der Waals surface area (Å²) in [6.07, 6.45) is 1.67. The number of hydrogen-bond donors (Lipinski definition) is 1. The van der Waals surface area contributed by atoms with Crippen molar-refractivity contribution in [3.8, 4) is 5.69 Å². The summed E-state index contributed by atoms with van der Waals surface area (Å²) in [5, 5.41) is 13.8. The average Bonchev–Trinajstić information content (AvgIpc) is 3.20. The van der Waals surface area contributed by atoms with Crippen molar-refractivity contribution in [2.24, 2.45) is 0 Å². The molecule has 0 aliphatic rings. The van der Waals surface area contributed by atoms with Crippen LogP contribution in [-0.2, 0) is 11.3 Å². The Morgan fingerprint density at radius 2 is 2.04 bits per heavy atom. The molecule has 0 unspecified atom stereocenters. The summed E-state index contributed by atoms with van der Waals surface area (Å²) >= 11 is 3.04. The van der Waals surface area contributed by atoms with Gasteiger partial charge in [0, 0.05) is 10.6 Å². The first-order valence-corrected chi connectivity index (χ1v) is 9.39. The molecule has 0 aliphatic carbocycles. The molecular formula is C17H18N4OS2. The average molecular weight is 358 g/mol. The number of nitrogens with one attached hydrogen (secondary N) is 1. The minimum Gasteiger partial charge on any atom is -0.350 e. The summed E-state index contributed by atoms with van der Waals surface area (Å²) in [5.41, 5.74) is 3.40. The van der Waals surface area contributed by atoms with E-state index in [2.05, 4.69) is 28.5 Å². The van der Waals surface area contributed by atoms with Crippen LogP contribution in [0.5, 0.6) is 0 Å². The highest BCUT2D eigenvalue weighted by Gasteiger charge is 2.10. The molecule has 3 rings (SSSR count). The highest BCUT2D eigenvalue weighted by molar-refractivity contribution is 7.99. The summed E-state index contributed by atoms with van der Waals surface area (Å²) < 4.78 is 1.89. The van der Waals surface area contributed by atoms with Gasteiger partial charge in [0.05, 0.1) is 12.3 Å². The molecule has 1 amide bonds. The molecule has 24 heavy (non-hydrogen) atoms. The molecule has 1 aromatic carbocycles. The number of thiophene rings is 1. The minimum atomic E-state index is -0.00810. The molecular weight excluding hydrogens is 340 g/mol. The molecule has 0 saturated heterocycles. The van der Waals surface area contributed by atoms with Crippen LogP contribution in [0, 0.1) is 13.8 Å². The molecule has 0 radical (unpaired) electrons. The first-order valence-electron chi connectivity index (χ1n) is 7.53. The Kier molecular flexibility index (Phi) is 5.32. The molecule has 0 aliphatic heterocycles. The van der Waals surface area contributed by atoms with Gasteiger partial charge in [-0.3, -0.25) is 9.36 Å². The fourth-order valence-corrected chi connectivity index (χ4v) is 3.76. The predicted octanol–water partition coefficient (Wildman–Crippen LogP) is 3.35. The minimum absolute atomic E-state index is 0.00810. The van der Waals surface area contributed by atoms with Gasteiger partial charge in [-0.2, -0.15) is 0 Å². The maximum atomic E-state index is 12.1. The fraction of sp³-hybridized carbons (Fsp3) is 0.235. The van der Waals surface area contributed by atoms with E-state index in [4.69, 9.17) is 0 Å². The maximum Gasteiger partial charge on any atom is 0.230 e. The van der Waals surface area contributed by atoms with Crippen molar-refractivity contribution in [3.63, 3.8) is 0 Å².